The Morgan fingerprint density at radius 3 is 2.69 bits per heavy atom. The van der Waals surface area contributed by atoms with E-state index in [1.165, 1.54) is 18.9 Å². The minimum absolute atomic E-state index is 0.208. The van der Waals surface area contributed by atoms with Gasteiger partial charge >= 0.3 is 0 Å². The molecule has 13 heavy (non-hydrogen) atoms. The van der Waals surface area contributed by atoms with Gasteiger partial charge in [-0.2, -0.15) is 0 Å². The average molecular weight is 201 g/mol. The Morgan fingerprint density at radius 1 is 1.31 bits per heavy atom. The second-order valence-corrected chi connectivity index (χ2v) is 3.61. The topological polar surface area (TPSA) is 0 Å². The van der Waals surface area contributed by atoms with Crippen LogP contribution in [0.3, 0.4) is 0 Å². The van der Waals surface area contributed by atoms with Crippen molar-refractivity contribution in [2.75, 3.05) is 0 Å². The molecule has 0 saturated carbocycles. The molecular formula is C11H14ClF. The van der Waals surface area contributed by atoms with Gasteiger partial charge in [-0.15, -0.1) is 0 Å². The summed E-state index contributed by atoms with van der Waals surface area (Å²) in [6.07, 6.45) is 4.46. The Labute approximate surface area is 83.7 Å². The van der Waals surface area contributed by atoms with Crippen LogP contribution in [0.25, 0.3) is 0 Å². The molecule has 0 N–H and O–H groups in total. The maximum atomic E-state index is 13.0. The molecule has 0 bridgehead atoms. The fourth-order valence-corrected chi connectivity index (χ4v) is 1.39. The van der Waals surface area contributed by atoms with Crippen molar-refractivity contribution in [3.63, 3.8) is 0 Å². The van der Waals surface area contributed by atoms with Gasteiger partial charge in [0.05, 0.1) is 5.02 Å². The number of aryl methyl sites for hydroxylation is 1. The number of rotatable bonds is 4. The number of hydrogen-bond donors (Lipinski definition) is 0. The van der Waals surface area contributed by atoms with E-state index in [0.29, 0.717) is 0 Å². The van der Waals surface area contributed by atoms with Crippen molar-refractivity contribution in [2.45, 2.75) is 32.6 Å². The minimum Gasteiger partial charge on any atom is -0.205 e. The predicted octanol–water partition coefficient (Wildman–Crippen LogP) is 4.21. The molecule has 0 fully saturated rings. The van der Waals surface area contributed by atoms with Gasteiger partial charge in [0.25, 0.3) is 0 Å². The van der Waals surface area contributed by atoms with E-state index in [1.807, 2.05) is 6.07 Å². The first-order valence-electron chi connectivity index (χ1n) is 4.68. The lowest BCUT2D eigenvalue weighted by molar-refractivity contribution is 0.623. The fraction of sp³-hybridized carbons (Fsp3) is 0.455. The standard InChI is InChI=1S/C11H14ClF/c1-2-3-4-5-9-6-7-10(12)11(13)8-9/h6-8H,2-5H2,1H3. The average Bonchev–Trinajstić information content (AvgIpc) is 2.12. The van der Waals surface area contributed by atoms with Crippen LogP contribution in [0.1, 0.15) is 31.7 Å². The van der Waals surface area contributed by atoms with Gasteiger partial charge in [0.2, 0.25) is 0 Å². The smallest absolute Gasteiger partial charge is 0.142 e. The van der Waals surface area contributed by atoms with Gasteiger partial charge < -0.3 is 0 Å². The molecule has 0 aromatic heterocycles. The molecule has 0 atom stereocenters. The SMILES string of the molecule is CCCCCc1ccc(Cl)c(F)c1. The molecule has 0 unspecified atom stereocenters. The van der Waals surface area contributed by atoms with Crippen LogP contribution in [0.2, 0.25) is 5.02 Å². The highest BCUT2D eigenvalue weighted by molar-refractivity contribution is 6.30. The van der Waals surface area contributed by atoms with Crippen molar-refractivity contribution < 1.29 is 4.39 Å². The molecule has 1 rings (SSSR count). The zero-order valence-corrected chi connectivity index (χ0v) is 8.57. The Hall–Kier alpha value is -0.560. The molecule has 72 valence electrons. The van der Waals surface area contributed by atoms with Crippen molar-refractivity contribution in [2.24, 2.45) is 0 Å². The predicted molar refractivity (Wildman–Crippen MR) is 54.6 cm³/mol. The summed E-state index contributed by atoms with van der Waals surface area (Å²) >= 11 is 5.57. The summed E-state index contributed by atoms with van der Waals surface area (Å²) in [4.78, 5) is 0. The van der Waals surface area contributed by atoms with Crippen LogP contribution in [0.15, 0.2) is 18.2 Å². The Bertz CT molecular complexity index is 271. The Morgan fingerprint density at radius 2 is 2.08 bits per heavy atom. The highest BCUT2D eigenvalue weighted by Gasteiger charge is 2.00. The molecule has 0 aliphatic carbocycles. The molecule has 0 radical (unpaired) electrons. The highest BCUT2D eigenvalue weighted by atomic mass is 35.5. The quantitative estimate of drug-likeness (QED) is 0.639. The first-order valence-corrected chi connectivity index (χ1v) is 5.05. The van der Waals surface area contributed by atoms with E-state index in [-0.39, 0.29) is 10.8 Å². The van der Waals surface area contributed by atoms with Gasteiger partial charge in [-0.05, 0) is 30.5 Å². The van der Waals surface area contributed by atoms with Crippen LogP contribution >= 0.6 is 11.6 Å². The number of benzene rings is 1. The number of halogens is 2. The van der Waals surface area contributed by atoms with Gasteiger partial charge in [-0.25, -0.2) is 4.39 Å². The lowest BCUT2D eigenvalue weighted by atomic mass is 10.1. The van der Waals surface area contributed by atoms with Gasteiger partial charge in [0.1, 0.15) is 5.82 Å². The van der Waals surface area contributed by atoms with E-state index in [4.69, 9.17) is 11.6 Å². The third kappa shape index (κ3) is 3.35. The normalized spacial score (nSPS) is 10.4. The molecule has 0 heterocycles. The second kappa shape index (κ2) is 5.23. The Kier molecular flexibility index (Phi) is 4.23. The van der Waals surface area contributed by atoms with E-state index in [9.17, 15) is 4.39 Å². The van der Waals surface area contributed by atoms with Crippen molar-refractivity contribution >= 4 is 11.6 Å². The highest BCUT2D eigenvalue weighted by Crippen LogP contribution is 2.16. The van der Waals surface area contributed by atoms with Crippen LogP contribution in [-0.4, -0.2) is 0 Å². The monoisotopic (exact) mass is 200 g/mol. The molecule has 0 aliphatic heterocycles. The summed E-state index contributed by atoms with van der Waals surface area (Å²) in [6.45, 7) is 2.16. The summed E-state index contributed by atoms with van der Waals surface area (Å²) in [6, 6.07) is 5.04. The van der Waals surface area contributed by atoms with Gasteiger partial charge in [-0.1, -0.05) is 37.4 Å². The molecule has 0 spiro atoms. The molecule has 2 heteroatoms. The lowest BCUT2D eigenvalue weighted by Crippen LogP contribution is -1.87. The zero-order chi connectivity index (χ0) is 9.68. The van der Waals surface area contributed by atoms with E-state index >= 15 is 0 Å². The molecule has 1 aromatic carbocycles. The van der Waals surface area contributed by atoms with E-state index in [1.54, 1.807) is 6.07 Å². The van der Waals surface area contributed by atoms with E-state index < -0.39 is 0 Å². The van der Waals surface area contributed by atoms with Crippen molar-refractivity contribution in [1.29, 1.82) is 0 Å². The molecule has 0 aliphatic rings. The summed E-state index contributed by atoms with van der Waals surface area (Å²) in [5.41, 5.74) is 1.04. The molecule has 0 saturated heterocycles. The van der Waals surface area contributed by atoms with Crippen molar-refractivity contribution in [3.8, 4) is 0 Å². The lowest BCUT2D eigenvalue weighted by Gasteiger charge is -2.01. The minimum atomic E-state index is -0.310. The summed E-state index contributed by atoms with van der Waals surface area (Å²) in [5, 5.41) is 0.208. The first kappa shape index (κ1) is 10.5. The van der Waals surface area contributed by atoms with Gasteiger partial charge in [0, 0.05) is 0 Å². The second-order valence-electron chi connectivity index (χ2n) is 3.21. The van der Waals surface area contributed by atoms with E-state index in [0.717, 1.165) is 18.4 Å². The van der Waals surface area contributed by atoms with Crippen LogP contribution in [0.4, 0.5) is 4.39 Å². The van der Waals surface area contributed by atoms with Crippen LogP contribution in [-0.2, 0) is 6.42 Å². The summed E-state index contributed by atoms with van der Waals surface area (Å²) in [5.74, 6) is -0.310. The van der Waals surface area contributed by atoms with Crippen LogP contribution in [0, 0.1) is 5.82 Å². The maximum Gasteiger partial charge on any atom is 0.142 e. The van der Waals surface area contributed by atoms with Crippen molar-refractivity contribution in [1.82, 2.24) is 0 Å². The van der Waals surface area contributed by atoms with Crippen LogP contribution < -0.4 is 0 Å². The van der Waals surface area contributed by atoms with Gasteiger partial charge in [0.15, 0.2) is 0 Å². The fourth-order valence-electron chi connectivity index (χ4n) is 1.27. The Balaban J connectivity index is 2.53. The number of hydrogen-bond acceptors (Lipinski definition) is 0. The molecular weight excluding hydrogens is 187 g/mol. The summed E-state index contributed by atoms with van der Waals surface area (Å²) < 4.78 is 13.0. The molecule has 0 nitrogen and oxygen atoms in total. The number of unbranched alkanes of at least 4 members (excludes halogenated alkanes) is 2. The molecule has 0 amide bonds. The maximum absolute atomic E-state index is 13.0. The summed E-state index contributed by atoms with van der Waals surface area (Å²) in [7, 11) is 0. The van der Waals surface area contributed by atoms with E-state index in [2.05, 4.69) is 6.92 Å². The van der Waals surface area contributed by atoms with Crippen LogP contribution in [0.5, 0.6) is 0 Å². The zero-order valence-electron chi connectivity index (χ0n) is 7.82. The largest absolute Gasteiger partial charge is 0.205 e. The first-order chi connectivity index (χ1) is 6.24. The third-order valence-corrected chi connectivity index (χ3v) is 2.36. The molecule has 1 aromatic rings. The van der Waals surface area contributed by atoms with Gasteiger partial charge in [-0.3, -0.25) is 0 Å². The third-order valence-electron chi connectivity index (χ3n) is 2.05. The van der Waals surface area contributed by atoms with Crippen molar-refractivity contribution in [3.05, 3.63) is 34.6 Å².